The maximum Gasteiger partial charge on any atom is 0.305 e. The Kier molecular flexibility index (Phi) is 55.5. The highest BCUT2D eigenvalue weighted by Crippen LogP contribution is 2.18. The summed E-state index contributed by atoms with van der Waals surface area (Å²) >= 11 is 0. The zero-order valence-corrected chi connectivity index (χ0v) is 54.3. The van der Waals surface area contributed by atoms with Crippen LogP contribution in [0.4, 0.5) is 0 Å². The van der Waals surface area contributed by atoms with Gasteiger partial charge in [0.05, 0.1) is 12.1 Å². The molecule has 0 radical (unpaired) electrons. The summed E-state index contributed by atoms with van der Waals surface area (Å²) < 4.78 is 17.6. The third kappa shape index (κ3) is 49.3. The van der Waals surface area contributed by atoms with E-state index in [2.05, 4.69) is 49.0 Å². The van der Waals surface area contributed by atoms with Gasteiger partial charge in [-0.1, -0.05) is 227 Å². The van der Waals surface area contributed by atoms with Crippen molar-refractivity contribution in [3.63, 3.8) is 0 Å². The highest BCUT2D eigenvalue weighted by atomic mass is 16.6. The molecule has 0 aromatic heterocycles. The van der Waals surface area contributed by atoms with E-state index in [0.29, 0.717) is 83.8 Å². The molecule has 0 rings (SSSR count). The van der Waals surface area contributed by atoms with Crippen LogP contribution in [0.5, 0.6) is 0 Å². The SMILES string of the molecule is CCCCCCCCCCCC(=O)OCC(COC(=O)CCCCCCCCCCC)(COC(=O)CCCCCCCCCCC)NC(=O)CCCCCCCNC(=O)C(CCCCNC(=O)C(N)CCCCN)NC(=O)C(N)CCCCC. The predicted molar refractivity (Wildman–Crippen MR) is 342 cm³/mol. The largest absolute Gasteiger partial charge is 0.463 e. The average molecular weight is 1190 g/mol. The van der Waals surface area contributed by atoms with Crippen molar-refractivity contribution in [2.45, 2.75) is 347 Å². The van der Waals surface area contributed by atoms with E-state index in [0.717, 1.165) is 109 Å². The summed E-state index contributed by atoms with van der Waals surface area (Å²) in [6.07, 6.45) is 41.3. The summed E-state index contributed by atoms with van der Waals surface area (Å²) in [4.78, 5) is 92.7. The molecule has 0 bridgehead atoms. The van der Waals surface area contributed by atoms with Crippen molar-refractivity contribution in [1.82, 2.24) is 21.3 Å². The van der Waals surface area contributed by atoms with E-state index < -0.39 is 41.6 Å². The molecule has 10 N–H and O–H groups in total. The van der Waals surface area contributed by atoms with E-state index in [-0.39, 0.29) is 69.1 Å². The molecule has 0 saturated heterocycles. The second-order valence-corrected chi connectivity index (χ2v) is 24.2. The highest BCUT2D eigenvalue weighted by molar-refractivity contribution is 5.89. The molecule has 0 aliphatic rings. The Morgan fingerprint density at radius 2 is 0.667 bits per heavy atom. The van der Waals surface area contributed by atoms with Crippen molar-refractivity contribution in [3.05, 3.63) is 0 Å². The average Bonchev–Trinajstić information content (AvgIpc) is 3.64. The van der Waals surface area contributed by atoms with Gasteiger partial charge in [0, 0.05) is 38.8 Å². The van der Waals surface area contributed by atoms with Crippen LogP contribution in [-0.4, -0.2) is 105 Å². The minimum atomic E-state index is -1.47. The topological polar surface area (TPSA) is 273 Å². The lowest BCUT2D eigenvalue weighted by Crippen LogP contribution is -2.59. The first-order valence-electron chi connectivity index (χ1n) is 34.6. The van der Waals surface area contributed by atoms with Crippen molar-refractivity contribution < 1.29 is 47.8 Å². The molecule has 0 fully saturated rings. The third-order valence-corrected chi connectivity index (χ3v) is 15.9. The van der Waals surface area contributed by atoms with Gasteiger partial charge in [-0.25, -0.2) is 0 Å². The van der Waals surface area contributed by atoms with E-state index in [1.807, 2.05) is 0 Å². The van der Waals surface area contributed by atoms with Crippen molar-refractivity contribution >= 4 is 41.5 Å². The second kappa shape index (κ2) is 58.2. The fraction of sp³-hybridized carbons (Fsp3) is 0.896. The quantitative estimate of drug-likeness (QED) is 0.0170. The molecule has 17 nitrogen and oxygen atoms in total. The number of ether oxygens (including phenoxy) is 3. The molecule has 17 heteroatoms. The fourth-order valence-corrected chi connectivity index (χ4v) is 10.2. The molecule has 0 aromatic rings. The van der Waals surface area contributed by atoms with E-state index in [1.54, 1.807) is 0 Å². The molecular weight excluding hydrogens is 1060 g/mol. The van der Waals surface area contributed by atoms with Gasteiger partial charge < -0.3 is 52.7 Å². The molecule has 0 aromatic carbocycles. The molecule has 0 aliphatic heterocycles. The van der Waals surface area contributed by atoms with Gasteiger partial charge >= 0.3 is 17.9 Å². The molecule has 4 amide bonds. The number of hydrogen-bond acceptors (Lipinski definition) is 13. The van der Waals surface area contributed by atoms with Crippen LogP contribution in [0.2, 0.25) is 0 Å². The van der Waals surface area contributed by atoms with Gasteiger partial charge in [-0.15, -0.1) is 0 Å². The maximum absolute atomic E-state index is 13.9. The number of esters is 3. The van der Waals surface area contributed by atoms with Gasteiger partial charge in [0.15, 0.2) is 0 Å². The van der Waals surface area contributed by atoms with Gasteiger partial charge in [0.2, 0.25) is 23.6 Å². The van der Waals surface area contributed by atoms with Crippen LogP contribution in [-0.2, 0) is 47.8 Å². The molecule has 0 saturated carbocycles. The Morgan fingerprint density at radius 1 is 0.357 bits per heavy atom. The zero-order chi connectivity index (χ0) is 62.0. The van der Waals surface area contributed by atoms with E-state index in [1.165, 1.54) is 96.3 Å². The number of carbonyl (C=O) groups is 7. The number of carbonyl (C=O) groups excluding carboxylic acids is 7. The summed E-state index contributed by atoms with van der Waals surface area (Å²) in [7, 11) is 0. The van der Waals surface area contributed by atoms with Crippen LogP contribution in [0.1, 0.15) is 323 Å². The Morgan fingerprint density at radius 3 is 1.07 bits per heavy atom. The third-order valence-electron chi connectivity index (χ3n) is 15.9. The van der Waals surface area contributed by atoms with Crippen molar-refractivity contribution in [2.24, 2.45) is 17.2 Å². The molecule has 3 atom stereocenters. The summed E-state index contributed by atoms with van der Waals surface area (Å²) in [5, 5.41) is 11.8. The standard InChI is InChI=1S/C67H129N7O10/c1-5-9-13-16-19-22-25-30-36-48-61(76)82-54-67(55-83-62(77)49-37-31-26-23-20-17-14-10-6-2,56-84-63(78)50-38-32-27-24-21-18-15-11-7-3)74-60(75)47-35-29-28-33-42-52-72-66(81)59(73-65(80)58(70)44-34-12-8-4)46-40-43-53-71-64(79)57(69)45-39-41-51-68/h57-59H,5-56,68-70H2,1-4H3,(H,71,79)(H,72,81)(H,73,80)(H,74,75). The molecule has 84 heavy (non-hydrogen) atoms. The summed E-state index contributed by atoms with van der Waals surface area (Å²) in [6.45, 7) is 9.17. The normalized spacial score (nSPS) is 12.5. The minimum absolute atomic E-state index is 0.150. The molecule has 0 heterocycles. The monoisotopic (exact) mass is 1190 g/mol. The van der Waals surface area contributed by atoms with Crippen LogP contribution < -0.4 is 38.5 Å². The highest BCUT2D eigenvalue weighted by Gasteiger charge is 2.37. The van der Waals surface area contributed by atoms with Gasteiger partial charge in [0.25, 0.3) is 0 Å². The number of amides is 4. The molecule has 492 valence electrons. The van der Waals surface area contributed by atoms with Crippen molar-refractivity contribution in [1.29, 1.82) is 0 Å². The predicted octanol–water partition coefficient (Wildman–Crippen LogP) is 12.8. The number of hydrogen-bond donors (Lipinski definition) is 7. The van der Waals surface area contributed by atoms with Gasteiger partial charge in [-0.05, 0) is 77.2 Å². The summed E-state index contributed by atoms with van der Waals surface area (Å²) in [6, 6.07) is -2.08. The molecular formula is C67H129N7O10. The lowest BCUT2D eigenvalue weighted by Gasteiger charge is -2.33. The Bertz CT molecular complexity index is 1550. The first-order valence-corrected chi connectivity index (χ1v) is 34.6. The lowest BCUT2D eigenvalue weighted by atomic mass is 10.0. The lowest BCUT2D eigenvalue weighted by molar-refractivity contribution is -0.159. The van der Waals surface area contributed by atoms with Crippen LogP contribution in [0, 0.1) is 0 Å². The smallest absolute Gasteiger partial charge is 0.305 e. The van der Waals surface area contributed by atoms with Gasteiger partial charge in [0.1, 0.15) is 31.4 Å². The van der Waals surface area contributed by atoms with E-state index >= 15 is 0 Å². The number of nitrogens with one attached hydrogen (secondary N) is 4. The second-order valence-electron chi connectivity index (χ2n) is 24.2. The van der Waals surface area contributed by atoms with Crippen LogP contribution >= 0.6 is 0 Å². The Labute approximate surface area is 512 Å². The zero-order valence-electron chi connectivity index (χ0n) is 54.3. The minimum Gasteiger partial charge on any atom is -0.463 e. The first kappa shape index (κ1) is 80.2. The summed E-state index contributed by atoms with van der Waals surface area (Å²) in [5.41, 5.74) is 16.3. The summed E-state index contributed by atoms with van der Waals surface area (Å²) in [5.74, 6) is -2.42. The van der Waals surface area contributed by atoms with Gasteiger partial charge in [-0.3, -0.25) is 33.6 Å². The first-order chi connectivity index (χ1) is 40.8. The van der Waals surface area contributed by atoms with Crippen molar-refractivity contribution in [2.75, 3.05) is 39.5 Å². The number of nitrogens with two attached hydrogens (primary N) is 3. The molecule has 0 spiro atoms. The number of rotatable bonds is 62. The van der Waals surface area contributed by atoms with E-state index in [9.17, 15) is 33.6 Å². The fourth-order valence-electron chi connectivity index (χ4n) is 10.2. The van der Waals surface area contributed by atoms with Crippen LogP contribution in [0.25, 0.3) is 0 Å². The van der Waals surface area contributed by atoms with Crippen LogP contribution in [0.3, 0.4) is 0 Å². The van der Waals surface area contributed by atoms with Crippen molar-refractivity contribution in [3.8, 4) is 0 Å². The number of unbranched alkanes of at least 4 members (excludes halogenated alkanes) is 32. The maximum atomic E-state index is 13.9. The molecule has 3 unspecified atom stereocenters. The van der Waals surface area contributed by atoms with Gasteiger partial charge in [-0.2, -0.15) is 0 Å². The Hall–Kier alpha value is -3.83. The molecule has 0 aliphatic carbocycles. The Balaban J connectivity index is 5.75. The van der Waals surface area contributed by atoms with Crippen LogP contribution in [0.15, 0.2) is 0 Å². The van der Waals surface area contributed by atoms with E-state index in [4.69, 9.17) is 31.4 Å².